The van der Waals surface area contributed by atoms with E-state index in [-0.39, 0.29) is 6.10 Å². The molecule has 0 aromatic heterocycles. The van der Waals surface area contributed by atoms with Gasteiger partial charge in [0.2, 0.25) is 0 Å². The second-order valence-corrected chi connectivity index (χ2v) is 2.93. The number of aliphatic hydroxyl groups excluding tert-OH is 1. The number of rotatable bonds is 2. The predicted molar refractivity (Wildman–Crippen MR) is 54.2 cm³/mol. The van der Waals surface area contributed by atoms with Crippen LogP contribution in [-0.4, -0.2) is 11.2 Å². The van der Waals surface area contributed by atoms with Crippen LogP contribution in [0.4, 0.5) is 0 Å². The fourth-order valence-corrected chi connectivity index (χ4v) is 0.937. The lowest BCUT2D eigenvalue weighted by atomic mass is 10.2. The van der Waals surface area contributed by atoms with E-state index in [1.807, 2.05) is 37.3 Å². The molecule has 0 amide bonds. The molecule has 0 spiro atoms. The van der Waals surface area contributed by atoms with Crippen LogP contribution in [0.15, 0.2) is 30.3 Å². The Labute approximate surface area is 79.4 Å². The molecule has 0 fully saturated rings. The van der Waals surface area contributed by atoms with Crippen molar-refractivity contribution in [2.24, 2.45) is 0 Å². The zero-order chi connectivity index (χ0) is 9.52. The average molecular weight is 174 g/mol. The fraction of sp³-hybridized carbons (Fsp3) is 0.333. The molecule has 0 saturated carbocycles. The topological polar surface area (TPSA) is 20.2 Å². The maximum atomic E-state index is 9.23. The van der Waals surface area contributed by atoms with Crippen molar-refractivity contribution < 1.29 is 5.11 Å². The van der Waals surface area contributed by atoms with Crippen molar-refractivity contribution in [3.05, 3.63) is 35.9 Å². The van der Waals surface area contributed by atoms with Crippen LogP contribution in [0.2, 0.25) is 0 Å². The van der Waals surface area contributed by atoms with Crippen LogP contribution in [0.3, 0.4) is 0 Å². The third-order valence-corrected chi connectivity index (χ3v) is 1.82. The van der Waals surface area contributed by atoms with E-state index in [1.54, 1.807) is 0 Å². The van der Waals surface area contributed by atoms with Gasteiger partial charge in [0.05, 0.1) is 6.10 Å². The minimum Gasteiger partial charge on any atom is -0.392 e. The molecule has 0 aliphatic carbocycles. The van der Waals surface area contributed by atoms with E-state index >= 15 is 0 Å². The Morgan fingerprint density at radius 3 is 2.62 bits per heavy atom. The molecule has 0 radical (unpaired) electrons. The van der Waals surface area contributed by atoms with Crippen molar-refractivity contribution in [3.63, 3.8) is 0 Å². The summed E-state index contributed by atoms with van der Waals surface area (Å²) in [6.07, 6.45) is 1.05. The summed E-state index contributed by atoms with van der Waals surface area (Å²) in [4.78, 5) is 0. The van der Waals surface area contributed by atoms with Gasteiger partial charge in [-0.05, 0) is 18.6 Å². The molecule has 1 nitrogen and oxygen atoms in total. The third kappa shape index (κ3) is 3.78. The molecule has 0 saturated heterocycles. The van der Waals surface area contributed by atoms with E-state index in [9.17, 15) is 5.11 Å². The van der Waals surface area contributed by atoms with Crippen LogP contribution in [0.5, 0.6) is 0 Å². The van der Waals surface area contributed by atoms with E-state index in [0.29, 0.717) is 6.42 Å². The largest absolute Gasteiger partial charge is 0.392 e. The van der Waals surface area contributed by atoms with Crippen molar-refractivity contribution in [3.8, 4) is 11.8 Å². The lowest BCUT2D eigenvalue weighted by molar-refractivity contribution is 0.176. The lowest BCUT2D eigenvalue weighted by Crippen LogP contribution is -2.01. The molecule has 1 heteroatoms. The molecule has 1 atom stereocenters. The molecular formula is C12H14O. The van der Waals surface area contributed by atoms with Crippen LogP contribution < -0.4 is 0 Å². The molecule has 1 rings (SSSR count). The van der Waals surface area contributed by atoms with Crippen LogP contribution >= 0.6 is 0 Å². The second-order valence-electron chi connectivity index (χ2n) is 2.93. The number of hydrogen-bond acceptors (Lipinski definition) is 1. The first kappa shape index (κ1) is 9.83. The monoisotopic (exact) mass is 174 g/mol. The van der Waals surface area contributed by atoms with Crippen molar-refractivity contribution >= 4 is 0 Å². The first-order valence-electron chi connectivity index (χ1n) is 4.55. The number of hydrogen-bond donors (Lipinski definition) is 1. The summed E-state index contributed by atoms with van der Waals surface area (Å²) in [6, 6.07) is 9.81. The third-order valence-electron chi connectivity index (χ3n) is 1.82. The smallest absolute Gasteiger partial charge is 0.0646 e. The maximum Gasteiger partial charge on any atom is 0.0646 e. The summed E-state index contributed by atoms with van der Waals surface area (Å²) in [5.74, 6) is 5.95. The molecule has 13 heavy (non-hydrogen) atoms. The number of aliphatic hydroxyl groups is 1. The standard InChI is InChI=1S/C12H14O/c1-2-12(13)10-6-9-11-7-4-3-5-8-11/h3-5,7-8,12-13H,2,10H2,1H3/t12-/m0/s1. The van der Waals surface area contributed by atoms with Gasteiger partial charge < -0.3 is 5.11 Å². The van der Waals surface area contributed by atoms with E-state index in [4.69, 9.17) is 0 Å². The Morgan fingerprint density at radius 2 is 2.00 bits per heavy atom. The Morgan fingerprint density at radius 1 is 1.31 bits per heavy atom. The SMILES string of the molecule is CC[C@H](O)CC#Cc1ccccc1. The summed E-state index contributed by atoms with van der Waals surface area (Å²) in [5.41, 5.74) is 1.01. The Kier molecular flexibility index (Phi) is 4.08. The molecular weight excluding hydrogens is 160 g/mol. The molecule has 0 aliphatic rings. The van der Waals surface area contributed by atoms with Gasteiger partial charge in [0.25, 0.3) is 0 Å². The first-order chi connectivity index (χ1) is 6.33. The van der Waals surface area contributed by atoms with Crippen LogP contribution in [-0.2, 0) is 0 Å². The Balaban J connectivity index is 2.49. The summed E-state index contributed by atoms with van der Waals surface area (Å²) >= 11 is 0. The lowest BCUT2D eigenvalue weighted by Gasteiger charge is -1.98. The molecule has 0 aliphatic heterocycles. The molecule has 0 heterocycles. The van der Waals surface area contributed by atoms with Gasteiger partial charge in [-0.1, -0.05) is 37.0 Å². The predicted octanol–water partition coefficient (Wildman–Crippen LogP) is 2.20. The fourth-order valence-electron chi connectivity index (χ4n) is 0.937. The van der Waals surface area contributed by atoms with Crippen molar-refractivity contribution in [2.45, 2.75) is 25.9 Å². The minimum atomic E-state index is -0.281. The summed E-state index contributed by atoms with van der Waals surface area (Å²) in [6.45, 7) is 1.95. The Hall–Kier alpha value is -1.26. The molecule has 1 aromatic carbocycles. The molecule has 1 N–H and O–H groups in total. The van der Waals surface area contributed by atoms with Crippen molar-refractivity contribution in [1.82, 2.24) is 0 Å². The van der Waals surface area contributed by atoms with Crippen LogP contribution in [0, 0.1) is 11.8 Å². The van der Waals surface area contributed by atoms with Crippen LogP contribution in [0.25, 0.3) is 0 Å². The highest BCUT2D eigenvalue weighted by Gasteiger charge is 1.94. The first-order valence-corrected chi connectivity index (χ1v) is 4.55. The Bertz CT molecular complexity index is 292. The van der Waals surface area contributed by atoms with E-state index < -0.39 is 0 Å². The van der Waals surface area contributed by atoms with Crippen LogP contribution in [0.1, 0.15) is 25.3 Å². The summed E-state index contributed by atoms with van der Waals surface area (Å²) in [7, 11) is 0. The molecule has 0 unspecified atom stereocenters. The molecule has 0 bridgehead atoms. The van der Waals surface area contributed by atoms with E-state index in [1.165, 1.54) is 0 Å². The van der Waals surface area contributed by atoms with Gasteiger partial charge in [-0.3, -0.25) is 0 Å². The highest BCUT2D eigenvalue weighted by atomic mass is 16.3. The quantitative estimate of drug-likeness (QED) is 0.681. The average Bonchev–Trinajstić information content (AvgIpc) is 2.19. The second kappa shape index (κ2) is 5.40. The van der Waals surface area contributed by atoms with Gasteiger partial charge in [0.1, 0.15) is 0 Å². The van der Waals surface area contributed by atoms with E-state index in [0.717, 1.165) is 12.0 Å². The van der Waals surface area contributed by atoms with Crippen molar-refractivity contribution in [2.75, 3.05) is 0 Å². The highest BCUT2D eigenvalue weighted by molar-refractivity contribution is 5.33. The van der Waals surface area contributed by atoms with Gasteiger partial charge in [-0.2, -0.15) is 0 Å². The summed E-state index contributed by atoms with van der Waals surface area (Å²) < 4.78 is 0. The number of benzene rings is 1. The van der Waals surface area contributed by atoms with Gasteiger partial charge >= 0.3 is 0 Å². The minimum absolute atomic E-state index is 0.281. The van der Waals surface area contributed by atoms with Gasteiger partial charge in [-0.15, -0.1) is 0 Å². The summed E-state index contributed by atoms with van der Waals surface area (Å²) in [5, 5.41) is 9.23. The van der Waals surface area contributed by atoms with E-state index in [2.05, 4.69) is 11.8 Å². The highest BCUT2D eigenvalue weighted by Crippen LogP contribution is 1.97. The molecule has 1 aromatic rings. The zero-order valence-electron chi connectivity index (χ0n) is 7.83. The van der Waals surface area contributed by atoms with Crippen molar-refractivity contribution in [1.29, 1.82) is 0 Å². The van der Waals surface area contributed by atoms with Gasteiger partial charge in [0, 0.05) is 12.0 Å². The molecule has 68 valence electrons. The maximum absolute atomic E-state index is 9.23. The van der Waals surface area contributed by atoms with Gasteiger partial charge in [-0.25, -0.2) is 0 Å². The van der Waals surface area contributed by atoms with Gasteiger partial charge in [0.15, 0.2) is 0 Å². The zero-order valence-corrected chi connectivity index (χ0v) is 7.83. The normalized spacial score (nSPS) is 11.5.